The van der Waals surface area contributed by atoms with E-state index in [1.54, 1.807) is 18.2 Å². The van der Waals surface area contributed by atoms with Crippen LogP contribution in [0.15, 0.2) is 65.6 Å². The van der Waals surface area contributed by atoms with Crippen molar-refractivity contribution in [1.82, 2.24) is 4.98 Å². The molecule has 0 saturated heterocycles. The molecule has 0 aliphatic carbocycles. The van der Waals surface area contributed by atoms with Crippen LogP contribution in [0.25, 0.3) is 10.9 Å². The number of nitro benzene ring substituents is 1. The number of rotatable bonds is 4. The first kappa shape index (κ1) is 14.9. The van der Waals surface area contributed by atoms with Crippen LogP contribution in [0.5, 0.6) is 5.88 Å². The molecule has 0 aliphatic rings. The molecule has 0 radical (unpaired) electrons. The highest BCUT2D eigenvalue weighted by atomic mass is 32.2. The zero-order valence-electron chi connectivity index (χ0n) is 11.6. The van der Waals surface area contributed by atoms with Crippen molar-refractivity contribution in [3.8, 4) is 5.88 Å². The zero-order valence-corrected chi connectivity index (χ0v) is 12.4. The standard InChI is InChI=1S/C15H10N2O5S/c18-17(19)12-6-8-13(9-7-12)23(20,21)22-15-10-5-11-3-1-2-4-14(11)16-15/h1-10H. The van der Waals surface area contributed by atoms with Crippen molar-refractivity contribution in [3.05, 3.63) is 70.8 Å². The van der Waals surface area contributed by atoms with Crippen molar-refractivity contribution in [2.45, 2.75) is 4.90 Å². The second kappa shape index (κ2) is 5.65. The van der Waals surface area contributed by atoms with E-state index >= 15 is 0 Å². The number of benzene rings is 2. The van der Waals surface area contributed by atoms with E-state index in [-0.39, 0.29) is 16.5 Å². The highest BCUT2D eigenvalue weighted by Gasteiger charge is 2.19. The Balaban J connectivity index is 1.91. The molecule has 0 aliphatic heterocycles. The lowest BCUT2D eigenvalue weighted by Crippen LogP contribution is -2.10. The van der Waals surface area contributed by atoms with Gasteiger partial charge in [-0.05, 0) is 24.3 Å². The second-order valence-corrected chi connectivity index (χ2v) is 6.18. The highest BCUT2D eigenvalue weighted by Crippen LogP contribution is 2.22. The first-order valence-electron chi connectivity index (χ1n) is 6.50. The molecule has 23 heavy (non-hydrogen) atoms. The molecule has 0 atom stereocenters. The predicted molar refractivity (Wildman–Crippen MR) is 82.7 cm³/mol. The Kier molecular flexibility index (Phi) is 3.67. The van der Waals surface area contributed by atoms with E-state index < -0.39 is 15.0 Å². The summed E-state index contributed by atoms with van der Waals surface area (Å²) < 4.78 is 29.4. The van der Waals surface area contributed by atoms with Crippen LogP contribution in [0.4, 0.5) is 5.69 Å². The summed E-state index contributed by atoms with van der Waals surface area (Å²) in [6.45, 7) is 0. The molecule has 1 heterocycles. The molecule has 7 nitrogen and oxygen atoms in total. The van der Waals surface area contributed by atoms with Gasteiger partial charge in [0.15, 0.2) is 0 Å². The summed E-state index contributed by atoms with van der Waals surface area (Å²) in [7, 11) is -4.11. The van der Waals surface area contributed by atoms with Crippen molar-refractivity contribution in [3.63, 3.8) is 0 Å². The molecular formula is C15H10N2O5S. The molecule has 0 bridgehead atoms. The van der Waals surface area contributed by atoms with Gasteiger partial charge in [-0.15, -0.1) is 0 Å². The first-order valence-corrected chi connectivity index (χ1v) is 7.91. The maximum Gasteiger partial charge on any atom is 0.340 e. The minimum absolute atomic E-state index is 0.0675. The Morgan fingerprint density at radius 3 is 2.35 bits per heavy atom. The van der Waals surface area contributed by atoms with Gasteiger partial charge >= 0.3 is 10.1 Å². The fourth-order valence-electron chi connectivity index (χ4n) is 1.99. The summed E-state index contributed by atoms with van der Waals surface area (Å²) in [6, 6.07) is 14.8. The van der Waals surface area contributed by atoms with Crippen LogP contribution in [0.1, 0.15) is 0 Å². The second-order valence-electron chi connectivity index (χ2n) is 4.63. The van der Waals surface area contributed by atoms with E-state index in [0.717, 1.165) is 29.7 Å². The van der Waals surface area contributed by atoms with Gasteiger partial charge in [0.25, 0.3) is 5.69 Å². The topological polar surface area (TPSA) is 99.4 Å². The smallest absolute Gasteiger partial charge is 0.340 e. The number of nitro groups is 1. The van der Waals surface area contributed by atoms with E-state index in [2.05, 4.69) is 4.98 Å². The van der Waals surface area contributed by atoms with E-state index in [1.807, 2.05) is 12.1 Å². The normalized spacial score (nSPS) is 11.3. The Labute approximate surface area is 131 Å². The van der Waals surface area contributed by atoms with Gasteiger partial charge in [0.05, 0.1) is 10.4 Å². The maximum absolute atomic E-state index is 12.2. The van der Waals surface area contributed by atoms with Crippen LogP contribution < -0.4 is 4.18 Å². The molecule has 0 unspecified atom stereocenters. The van der Waals surface area contributed by atoms with E-state index in [1.165, 1.54) is 6.07 Å². The molecular weight excluding hydrogens is 320 g/mol. The first-order chi connectivity index (χ1) is 11.0. The summed E-state index contributed by atoms with van der Waals surface area (Å²) in [5.41, 5.74) is 0.400. The van der Waals surface area contributed by atoms with Crippen LogP contribution in [-0.4, -0.2) is 18.3 Å². The number of fused-ring (bicyclic) bond motifs is 1. The average molecular weight is 330 g/mol. The van der Waals surface area contributed by atoms with Crippen LogP contribution >= 0.6 is 0 Å². The van der Waals surface area contributed by atoms with E-state index in [4.69, 9.17) is 4.18 Å². The number of nitrogens with zero attached hydrogens (tertiary/aromatic N) is 2. The molecule has 2 aromatic carbocycles. The molecule has 0 spiro atoms. The number of non-ortho nitro benzene ring substituents is 1. The third kappa shape index (κ3) is 3.11. The van der Waals surface area contributed by atoms with Crippen LogP contribution in [0, 0.1) is 10.1 Å². The molecule has 0 saturated carbocycles. The molecule has 3 rings (SSSR count). The van der Waals surface area contributed by atoms with Crippen LogP contribution in [0.2, 0.25) is 0 Å². The van der Waals surface area contributed by atoms with Crippen molar-refractivity contribution >= 4 is 26.7 Å². The van der Waals surface area contributed by atoms with Gasteiger partial charge < -0.3 is 4.18 Å². The summed E-state index contributed by atoms with van der Waals surface area (Å²) in [4.78, 5) is 13.9. The largest absolute Gasteiger partial charge is 0.358 e. The number of para-hydroxylation sites is 1. The molecule has 8 heteroatoms. The van der Waals surface area contributed by atoms with E-state index in [0.29, 0.717) is 5.52 Å². The lowest BCUT2D eigenvalue weighted by atomic mass is 10.2. The van der Waals surface area contributed by atoms with E-state index in [9.17, 15) is 18.5 Å². The Morgan fingerprint density at radius 2 is 1.65 bits per heavy atom. The van der Waals surface area contributed by atoms with Gasteiger partial charge in [-0.1, -0.05) is 18.2 Å². The number of hydrogen-bond donors (Lipinski definition) is 0. The van der Waals surface area contributed by atoms with Gasteiger partial charge in [-0.2, -0.15) is 8.42 Å². The van der Waals surface area contributed by atoms with Crippen LogP contribution in [0.3, 0.4) is 0 Å². The minimum atomic E-state index is -4.11. The molecule has 0 N–H and O–H groups in total. The fourth-order valence-corrected chi connectivity index (χ4v) is 2.87. The molecule has 0 fully saturated rings. The zero-order chi connectivity index (χ0) is 16.4. The molecule has 3 aromatic rings. The molecule has 1 aromatic heterocycles. The lowest BCUT2D eigenvalue weighted by molar-refractivity contribution is -0.384. The van der Waals surface area contributed by atoms with Gasteiger partial charge in [0, 0.05) is 23.6 Å². The Hall–Kier alpha value is -3.00. The monoisotopic (exact) mass is 330 g/mol. The molecule has 0 amide bonds. The minimum Gasteiger partial charge on any atom is -0.358 e. The van der Waals surface area contributed by atoms with Crippen molar-refractivity contribution in [2.75, 3.05) is 0 Å². The number of aromatic nitrogens is 1. The summed E-state index contributed by atoms with van der Waals surface area (Å²) in [5, 5.41) is 11.4. The summed E-state index contributed by atoms with van der Waals surface area (Å²) in [5.74, 6) is -0.0675. The predicted octanol–water partition coefficient (Wildman–Crippen LogP) is 2.91. The third-order valence-electron chi connectivity index (χ3n) is 3.10. The van der Waals surface area contributed by atoms with Gasteiger partial charge in [-0.25, -0.2) is 4.98 Å². The van der Waals surface area contributed by atoms with Crippen molar-refractivity contribution in [2.24, 2.45) is 0 Å². The highest BCUT2D eigenvalue weighted by molar-refractivity contribution is 7.87. The third-order valence-corrected chi connectivity index (χ3v) is 4.34. The SMILES string of the molecule is O=[N+]([O-])c1ccc(S(=O)(=O)Oc2ccc3ccccc3n2)cc1. The van der Waals surface area contributed by atoms with Gasteiger partial charge in [-0.3, -0.25) is 10.1 Å². The quantitative estimate of drug-likeness (QED) is 0.414. The fraction of sp³-hybridized carbons (Fsp3) is 0. The van der Waals surface area contributed by atoms with Crippen molar-refractivity contribution in [1.29, 1.82) is 0 Å². The Bertz CT molecular complexity index is 984. The van der Waals surface area contributed by atoms with Gasteiger partial charge in [0.2, 0.25) is 5.88 Å². The maximum atomic E-state index is 12.2. The average Bonchev–Trinajstić information content (AvgIpc) is 2.54. The van der Waals surface area contributed by atoms with Crippen LogP contribution in [-0.2, 0) is 10.1 Å². The number of pyridine rings is 1. The molecule has 116 valence electrons. The van der Waals surface area contributed by atoms with Gasteiger partial charge in [0.1, 0.15) is 4.90 Å². The number of hydrogen-bond acceptors (Lipinski definition) is 6. The lowest BCUT2D eigenvalue weighted by Gasteiger charge is -2.06. The summed E-state index contributed by atoms with van der Waals surface area (Å²) in [6.07, 6.45) is 0. The Morgan fingerprint density at radius 1 is 0.957 bits per heavy atom. The van der Waals surface area contributed by atoms with Crippen molar-refractivity contribution < 1.29 is 17.5 Å². The summed E-state index contributed by atoms with van der Waals surface area (Å²) >= 11 is 0.